The number of aromatic hydroxyl groups is 1. The molecule has 0 aliphatic rings. The molecule has 1 N–H and O–H groups in total. The molecular weight excluding hydrogens is 356 g/mol. The third-order valence-electron chi connectivity index (χ3n) is 4.25. The molecule has 5 heteroatoms. The Morgan fingerprint density at radius 1 is 0.821 bits per heavy atom. The van der Waals surface area contributed by atoms with Gasteiger partial charge in [-0.05, 0) is 29.8 Å². The van der Waals surface area contributed by atoms with E-state index >= 15 is 0 Å². The normalized spacial score (nSPS) is 10.3. The fourth-order valence-corrected chi connectivity index (χ4v) is 2.86. The van der Waals surface area contributed by atoms with Crippen molar-refractivity contribution < 1.29 is 24.2 Å². The molecule has 28 heavy (non-hydrogen) atoms. The van der Waals surface area contributed by atoms with Crippen LogP contribution in [0.25, 0.3) is 0 Å². The predicted octanol–water partition coefficient (Wildman–Crippen LogP) is 4.44. The summed E-state index contributed by atoms with van der Waals surface area (Å²) in [6, 6.07) is 20.8. The lowest BCUT2D eigenvalue weighted by Gasteiger charge is -2.13. The zero-order chi connectivity index (χ0) is 19.9. The summed E-state index contributed by atoms with van der Waals surface area (Å²) in [4.78, 5) is 25.4. The second kappa shape index (κ2) is 8.86. The minimum Gasteiger partial charge on any atom is -0.507 e. The van der Waals surface area contributed by atoms with Crippen LogP contribution in [-0.4, -0.2) is 23.8 Å². The summed E-state index contributed by atoms with van der Waals surface area (Å²) in [5, 5.41) is 10.2. The van der Waals surface area contributed by atoms with Crippen LogP contribution in [0.2, 0.25) is 0 Å². The first kappa shape index (κ1) is 19.2. The third-order valence-corrected chi connectivity index (χ3v) is 4.25. The van der Waals surface area contributed by atoms with Crippen LogP contribution in [0, 0.1) is 0 Å². The highest BCUT2D eigenvalue weighted by Crippen LogP contribution is 2.30. The summed E-state index contributed by atoms with van der Waals surface area (Å²) in [5.74, 6) is -0.486. The maximum atomic E-state index is 12.8. The molecule has 3 rings (SSSR count). The predicted molar refractivity (Wildman–Crippen MR) is 105 cm³/mol. The molecule has 0 aliphatic heterocycles. The van der Waals surface area contributed by atoms with Gasteiger partial charge in [0.2, 0.25) is 0 Å². The average Bonchev–Trinajstić information content (AvgIpc) is 2.72. The summed E-state index contributed by atoms with van der Waals surface area (Å²) in [7, 11) is 1.46. The molecule has 0 saturated carbocycles. The number of Topliss-reactive ketones (excluding diaryl/α,β-unsaturated/α-hetero) is 2. The number of ether oxygens (including phenoxy) is 2. The maximum Gasteiger partial charge on any atom is 0.178 e. The number of phenolic OH excluding ortho intramolecular Hbond substituents is 1. The number of phenols is 1. The maximum absolute atomic E-state index is 12.8. The number of carbonyl (C=O) groups excluding carboxylic acids is 2. The van der Waals surface area contributed by atoms with E-state index in [1.165, 1.54) is 13.2 Å². The largest absolute Gasteiger partial charge is 0.507 e. The van der Waals surface area contributed by atoms with E-state index in [1.807, 2.05) is 30.3 Å². The molecule has 0 saturated heterocycles. The minimum atomic E-state index is -0.517. The topological polar surface area (TPSA) is 72.8 Å². The number of ketones is 2. The molecule has 0 fully saturated rings. The van der Waals surface area contributed by atoms with E-state index in [0.29, 0.717) is 11.3 Å². The van der Waals surface area contributed by atoms with Gasteiger partial charge in [0.25, 0.3) is 0 Å². The second-order valence-electron chi connectivity index (χ2n) is 6.15. The molecule has 142 valence electrons. The zero-order valence-corrected chi connectivity index (χ0v) is 15.4. The summed E-state index contributed by atoms with van der Waals surface area (Å²) in [6.45, 7) is 0.241. The molecule has 0 bridgehead atoms. The van der Waals surface area contributed by atoms with Gasteiger partial charge < -0.3 is 14.6 Å². The highest BCUT2D eigenvalue weighted by Gasteiger charge is 2.22. The van der Waals surface area contributed by atoms with Crippen molar-refractivity contribution in [1.29, 1.82) is 0 Å². The van der Waals surface area contributed by atoms with Crippen LogP contribution in [0.15, 0.2) is 72.8 Å². The van der Waals surface area contributed by atoms with Crippen LogP contribution < -0.4 is 9.47 Å². The lowest BCUT2D eigenvalue weighted by molar-refractivity contribution is 0.0889. The van der Waals surface area contributed by atoms with E-state index < -0.39 is 12.2 Å². The Balaban J connectivity index is 1.80. The monoisotopic (exact) mass is 376 g/mol. The number of methoxy groups -OCH3 is 1. The van der Waals surface area contributed by atoms with Crippen LogP contribution in [0.1, 0.15) is 32.7 Å². The van der Waals surface area contributed by atoms with Crippen molar-refractivity contribution >= 4 is 11.6 Å². The minimum absolute atomic E-state index is 0.00155. The lowest BCUT2D eigenvalue weighted by atomic mass is 9.99. The van der Waals surface area contributed by atoms with Crippen molar-refractivity contribution in [3.63, 3.8) is 0 Å². The molecule has 0 aliphatic carbocycles. The van der Waals surface area contributed by atoms with E-state index in [9.17, 15) is 14.7 Å². The standard InChI is InChI=1S/C23H20O5/c1-27-21-12-6-5-10-17(21)19(25)14-20(26)23-18(24)11-7-13-22(23)28-15-16-8-3-2-4-9-16/h2-13,24H,14-15H2,1H3. The first-order valence-electron chi connectivity index (χ1n) is 8.78. The Labute approximate surface area is 163 Å². The van der Waals surface area contributed by atoms with Gasteiger partial charge in [-0.2, -0.15) is 0 Å². The SMILES string of the molecule is COc1ccccc1C(=O)CC(=O)c1c(O)cccc1OCc1ccccc1. The first-order chi connectivity index (χ1) is 13.6. The van der Waals surface area contributed by atoms with Crippen molar-refractivity contribution in [3.05, 3.63) is 89.5 Å². The van der Waals surface area contributed by atoms with E-state index in [0.717, 1.165) is 5.56 Å². The molecule has 0 atom stereocenters. The quantitative estimate of drug-likeness (QED) is 0.465. The molecule has 0 heterocycles. The van der Waals surface area contributed by atoms with Crippen LogP contribution in [0.3, 0.4) is 0 Å². The summed E-state index contributed by atoms with van der Waals surface area (Å²) in [5.41, 5.74) is 1.25. The number of carbonyl (C=O) groups is 2. The van der Waals surface area contributed by atoms with Gasteiger partial charge in [-0.15, -0.1) is 0 Å². The van der Waals surface area contributed by atoms with E-state index in [2.05, 4.69) is 0 Å². The Kier molecular flexibility index (Phi) is 6.07. The Morgan fingerprint density at radius 2 is 1.50 bits per heavy atom. The number of rotatable bonds is 8. The third kappa shape index (κ3) is 4.38. The number of hydrogen-bond donors (Lipinski definition) is 1. The molecule has 0 aromatic heterocycles. The highest BCUT2D eigenvalue weighted by molar-refractivity contribution is 6.16. The van der Waals surface area contributed by atoms with Crippen LogP contribution in [0.5, 0.6) is 17.2 Å². The van der Waals surface area contributed by atoms with Gasteiger partial charge in [0, 0.05) is 0 Å². The van der Waals surface area contributed by atoms with Crippen molar-refractivity contribution in [3.8, 4) is 17.2 Å². The molecule has 0 radical (unpaired) electrons. The molecule has 0 unspecified atom stereocenters. The van der Waals surface area contributed by atoms with E-state index in [1.54, 1.807) is 36.4 Å². The van der Waals surface area contributed by atoms with E-state index in [-0.39, 0.29) is 29.5 Å². The molecule has 5 nitrogen and oxygen atoms in total. The van der Waals surface area contributed by atoms with Gasteiger partial charge in [-0.25, -0.2) is 0 Å². The number of para-hydroxylation sites is 1. The van der Waals surface area contributed by atoms with Gasteiger partial charge in [0.05, 0.1) is 19.1 Å². The second-order valence-corrected chi connectivity index (χ2v) is 6.15. The van der Waals surface area contributed by atoms with Gasteiger partial charge in [-0.3, -0.25) is 9.59 Å². The summed E-state index contributed by atoms with van der Waals surface area (Å²) < 4.78 is 10.9. The number of benzene rings is 3. The first-order valence-corrected chi connectivity index (χ1v) is 8.78. The van der Waals surface area contributed by atoms with Crippen LogP contribution in [0.4, 0.5) is 0 Å². The Bertz CT molecular complexity index is 979. The van der Waals surface area contributed by atoms with Gasteiger partial charge in [0.15, 0.2) is 11.6 Å². The molecule has 3 aromatic rings. The summed E-state index contributed by atoms with van der Waals surface area (Å²) >= 11 is 0. The average molecular weight is 376 g/mol. The van der Waals surface area contributed by atoms with Crippen LogP contribution >= 0.6 is 0 Å². The van der Waals surface area contributed by atoms with Crippen LogP contribution in [-0.2, 0) is 6.61 Å². The van der Waals surface area contributed by atoms with Crippen molar-refractivity contribution in [2.24, 2.45) is 0 Å². The fraction of sp³-hybridized carbons (Fsp3) is 0.130. The molecule has 3 aromatic carbocycles. The van der Waals surface area contributed by atoms with Gasteiger partial charge in [0.1, 0.15) is 29.4 Å². The fourth-order valence-electron chi connectivity index (χ4n) is 2.86. The van der Waals surface area contributed by atoms with Gasteiger partial charge >= 0.3 is 0 Å². The highest BCUT2D eigenvalue weighted by atomic mass is 16.5. The Hall–Kier alpha value is -3.60. The van der Waals surface area contributed by atoms with Crippen molar-refractivity contribution in [2.45, 2.75) is 13.0 Å². The smallest absolute Gasteiger partial charge is 0.178 e. The lowest BCUT2D eigenvalue weighted by Crippen LogP contribution is -2.11. The zero-order valence-electron chi connectivity index (χ0n) is 15.4. The van der Waals surface area contributed by atoms with E-state index in [4.69, 9.17) is 9.47 Å². The number of hydrogen-bond acceptors (Lipinski definition) is 5. The summed E-state index contributed by atoms with van der Waals surface area (Å²) in [6.07, 6.45) is -0.403. The Morgan fingerprint density at radius 3 is 2.25 bits per heavy atom. The van der Waals surface area contributed by atoms with Crippen molar-refractivity contribution in [1.82, 2.24) is 0 Å². The molecular formula is C23H20O5. The molecule has 0 amide bonds. The molecule has 0 spiro atoms. The van der Waals surface area contributed by atoms with Gasteiger partial charge in [-0.1, -0.05) is 48.5 Å². The van der Waals surface area contributed by atoms with Crippen molar-refractivity contribution in [2.75, 3.05) is 7.11 Å².